The van der Waals surface area contributed by atoms with Crippen LogP contribution < -0.4 is 5.32 Å². The van der Waals surface area contributed by atoms with Crippen molar-refractivity contribution in [3.63, 3.8) is 0 Å². The second-order valence-corrected chi connectivity index (χ2v) is 5.65. The van der Waals surface area contributed by atoms with Gasteiger partial charge in [0.05, 0.1) is 11.7 Å². The smallest absolute Gasteiger partial charge is 0.133 e. The molecule has 3 rings (SSSR count). The fraction of sp³-hybridized carbons (Fsp3) is 0.308. The van der Waals surface area contributed by atoms with E-state index in [9.17, 15) is 4.39 Å². The molecule has 0 aliphatic carbocycles. The monoisotopic (exact) mass is 282 g/mol. The zero-order valence-corrected chi connectivity index (χ0v) is 11.2. The van der Waals surface area contributed by atoms with Crippen molar-refractivity contribution >= 4 is 22.9 Å². The molecule has 2 nitrogen and oxygen atoms in total. The van der Waals surface area contributed by atoms with E-state index in [0.717, 1.165) is 18.7 Å². The van der Waals surface area contributed by atoms with Crippen molar-refractivity contribution in [2.75, 3.05) is 6.54 Å². The summed E-state index contributed by atoms with van der Waals surface area (Å²) in [6, 6.07) is 4.87. The first-order chi connectivity index (χ1) is 8.74. The van der Waals surface area contributed by atoms with Crippen LogP contribution in [-0.2, 0) is 0 Å². The van der Waals surface area contributed by atoms with Crippen molar-refractivity contribution in [3.05, 3.63) is 40.1 Å². The fourth-order valence-corrected chi connectivity index (χ4v) is 3.23. The molecular weight excluding hydrogens is 271 g/mol. The molecule has 1 N–H and O–H groups in total. The summed E-state index contributed by atoms with van der Waals surface area (Å²) in [5.74, 6) is -0.278. The van der Waals surface area contributed by atoms with Gasteiger partial charge in [0.15, 0.2) is 0 Å². The van der Waals surface area contributed by atoms with Gasteiger partial charge in [0, 0.05) is 16.0 Å². The topological polar surface area (TPSA) is 24.9 Å². The first kappa shape index (κ1) is 12.1. The molecule has 2 aromatic rings. The third-order valence-corrected chi connectivity index (χ3v) is 4.23. The van der Waals surface area contributed by atoms with Crippen LogP contribution in [0.4, 0.5) is 4.39 Å². The number of hydrogen-bond donors (Lipinski definition) is 1. The number of nitrogens with zero attached hydrogens (tertiary/aromatic N) is 1. The van der Waals surface area contributed by atoms with Crippen molar-refractivity contribution < 1.29 is 4.39 Å². The van der Waals surface area contributed by atoms with Crippen molar-refractivity contribution in [3.8, 4) is 10.6 Å². The van der Waals surface area contributed by atoms with Crippen LogP contribution in [0.25, 0.3) is 10.6 Å². The molecule has 94 valence electrons. The van der Waals surface area contributed by atoms with E-state index in [-0.39, 0.29) is 5.82 Å². The van der Waals surface area contributed by atoms with Gasteiger partial charge >= 0.3 is 0 Å². The van der Waals surface area contributed by atoms with Crippen molar-refractivity contribution in [1.29, 1.82) is 0 Å². The number of hydrogen-bond acceptors (Lipinski definition) is 3. The Labute approximate surface area is 114 Å². The van der Waals surface area contributed by atoms with Gasteiger partial charge in [0.25, 0.3) is 0 Å². The van der Waals surface area contributed by atoms with E-state index < -0.39 is 0 Å². The van der Waals surface area contributed by atoms with E-state index in [1.807, 2.05) is 5.38 Å². The van der Waals surface area contributed by atoms with Crippen LogP contribution >= 0.6 is 22.9 Å². The third kappa shape index (κ3) is 2.28. The van der Waals surface area contributed by atoms with Crippen LogP contribution in [0.3, 0.4) is 0 Å². The van der Waals surface area contributed by atoms with Crippen LogP contribution in [0.2, 0.25) is 5.02 Å². The normalized spacial score (nSPS) is 19.3. The lowest BCUT2D eigenvalue weighted by Gasteiger charge is -2.05. The van der Waals surface area contributed by atoms with Gasteiger partial charge in [-0.05, 0) is 37.6 Å². The van der Waals surface area contributed by atoms with Gasteiger partial charge in [0.2, 0.25) is 0 Å². The highest BCUT2D eigenvalue weighted by atomic mass is 35.5. The largest absolute Gasteiger partial charge is 0.309 e. The van der Waals surface area contributed by atoms with Crippen molar-refractivity contribution in [1.82, 2.24) is 10.3 Å². The maximum absolute atomic E-state index is 13.7. The SMILES string of the molecule is Fc1ccc(Cl)cc1-c1nc(C2CCCN2)cs1. The van der Waals surface area contributed by atoms with E-state index in [4.69, 9.17) is 11.6 Å². The van der Waals surface area contributed by atoms with Crippen LogP contribution in [0, 0.1) is 5.82 Å². The van der Waals surface area contributed by atoms with E-state index in [2.05, 4.69) is 10.3 Å². The van der Waals surface area contributed by atoms with Gasteiger partial charge in [-0.2, -0.15) is 0 Å². The Bertz CT molecular complexity index is 564. The summed E-state index contributed by atoms with van der Waals surface area (Å²) < 4.78 is 13.7. The number of rotatable bonds is 2. The molecule has 0 amide bonds. The highest BCUT2D eigenvalue weighted by Gasteiger charge is 2.20. The Morgan fingerprint density at radius 1 is 1.44 bits per heavy atom. The molecule has 0 saturated carbocycles. The molecule has 0 bridgehead atoms. The predicted octanol–water partition coefficient (Wildman–Crippen LogP) is 4.03. The molecule has 1 atom stereocenters. The molecule has 5 heteroatoms. The quantitative estimate of drug-likeness (QED) is 0.900. The molecule has 1 aliphatic rings. The number of nitrogens with one attached hydrogen (secondary N) is 1. The van der Waals surface area contributed by atoms with Gasteiger partial charge in [-0.3, -0.25) is 0 Å². The number of thiazole rings is 1. The summed E-state index contributed by atoms with van der Waals surface area (Å²) >= 11 is 7.36. The lowest BCUT2D eigenvalue weighted by Crippen LogP contribution is -2.12. The fourth-order valence-electron chi connectivity index (χ4n) is 2.17. The van der Waals surface area contributed by atoms with Gasteiger partial charge in [-0.15, -0.1) is 11.3 Å². The van der Waals surface area contributed by atoms with E-state index in [0.29, 0.717) is 21.6 Å². The summed E-state index contributed by atoms with van der Waals surface area (Å²) in [7, 11) is 0. The minimum absolute atomic E-state index is 0.278. The minimum atomic E-state index is -0.278. The molecule has 2 heterocycles. The van der Waals surface area contributed by atoms with E-state index >= 15 is 0 Å². The van der Waals surface area contributed by atoms with Crippen LogP contribution in [0.1, 0.15) is 24.6 Å². The molecule has 1 aromatic carbocycles. The van der Waals surface area contributed by atoms with E-state index in [1.165, 1.54) is 23.8 Å². The summed E-state index contributed by atoms with van der Waals surface area (Å²) in [6.45, 7) is 1.03. The molecule has 1 aliphatic heterocycles. The molecular formula is C13H12ClFN2S. The predicted molar refractivity (Wildman–Crippen MR) is 72.5 cm³/mol. The zero-order chi connectivity index (χ0) is 12.5. The first-order valence-electron chi connectivity index (χ1n) is 5.88. The molecule has 18 heavy (non-hydrogen) atoms. The number of benzene rings is 1. The molecule has 1 aromatic heterocycles. The Kier molecular flexibility index (Phi) is 3.33. The molecule has 1 unspecified atom stereocenters. The summed E-state index contributed by atoms with van der Waals surface area (Å²) in [6.07, 6.45) is 2.27. The minimum Gasteiger partial charge on any atom is -0.309 e. The Hall–Kier alpha value is -0.970. The van der Waals surface area contributed by atoms with Crippen LogP contribution in [0.5, 0.6) is 0 Å². The third-order valence-electron chi connectivity index (χ3n) is 3.10. The van der Waals surface area contributed by atoms with E-state index in [1.54, 1.807) is 12.1 Å². The van der Waals surface area contributed by atoms with Crippen molar-refractivity contribution in [2.45, 2.75) is 18.9 Å². The molecule has 1 fully saturated rings. The zero-order valence-electron chi connectivity index (χ0n) is 9.62. The second kappa shape index (κ2) is 4.96. The number of halogens is 2. The summed E-state index contributed by atoms with van der Waals surface area (Å²) in [4.78, 5) is 4.52. The Balaban J connectivity index is 1.94. The lowest BCUT2D eigenvalue weighted by molar-refractivity contribution is 0.626. The number of aromatic nitrogens is 1. The first-order valence-corrected chi connectivity index (χ1v) is 7.14. The van der Waals surface area contributed by atoms with Gasteiger partial charge in [0.1, 0.15) is 10.8 Å². The van der Waals surface area contributed by atoms with Crippen LogP contribution in [0.15, 0.2) is 23.6 Å². The molecule has 1 saturated heterocycles. The average molecular weight is 283 g/mol. The average Bonchev–Trinajstić information content (AvgIpc) is 3.00. The van der Waals surface area contributed by atoms with Crippen LogP contribution in [-0.4, -0.2) is 11.5 Å². The van der Waals surface area contributed by atoms with Crippen molar-refractivity contribution in [2.24, 2.45) is 0 Å². The summed E-state index contributed by atoms with van der Waals surface area (Å²) in [5, 5.41) is 6.61. The second-order valence-electron chi connectivity index (χ2n) is 4.35. The molecule has 0 radical (unpaired) electrons. The standard InChI is InChI=1S/C13H12ClFN2S/c14-8-3-4-10(15)9(6-8)13-17-12(7-18-13)11-2-1-5-16-11/h3-4,6-7,11,16H,1-2,5H2. The highest BCUT2D eigenvalue weighted by molar-refractivity contribution is 7.13. The Morgan fingerprint density at radius 3 is 3.11 bits per heavy atom. The van der Waals surface area contributed by atoms with Gasteiger partial charge < -0.3 is 5.32 Å². The maximum Gasteiger partial charge on any atom is 0.133 e. The van der Waals surface area contributed by atoms with Gasteiger partial charge in [-0.1, -0.05) is 11.6 Å². The summed E-state index contributed by atoms with van der Waals surface area (Å²) in [5.41, 5.74) is 1.49. The Morgan fingerprint density at radius 2 is 2.33 bits per heavy atom. The highest BCUT2D eigenvalue weighted by Crippen LogP contribution is 2.32. The lowest BCUT2D eigenvalue weighted by atomic mass is 10.2. The maximum atomic E-state index is 13.7. The molecule has 0 spiro atoms. The van der Waals surface area contributed by atoms with Gasteiger partial charge in [-0.25, -0.2) is 9.37 Å².